The number of benzene rings is 2. The average molecular weight is 274 g/mol. The van der Waals surface area contributed by atoms with E-state index in [1.54, 1.807) is 6.07 Å². The number of rotatable bonds is 2. The molecule has 0 radical (unpaired) electrons. The Labute approximate surface area is 115 Å². The van der Waals surface area contributed by atoms with Crippen LogP contribution in [0.5, 0.6) is 5.75 Å². The highest BCUT2D eigenvalue weighted by Crippen LogP contribution is 2.35. The predicted molar refractivity (Wildman–Crippen MR) is 70.0 cm³/mol. The summed E-state index contributed by atoms with van der Waals surface area (Å²) in [6.07, 6.45) is 0.508. The number of halogens is 2. The van der Waals surface area contributed by atoms with Crippen molar-refractivity contribution in [3.63, 3.8) is 0 Å². The van der Waals surface area contributed by atoms with Crippen molar-refractivity contribution < 1.29 is 18.3 Å². The van der Waals surface area contributed by atoms with Gasteiger partial charge in [0.2, 0.25) is 0 Å². The van der Waals surface area contributed by atoms with Crippen molar-refractivity contribution in [1.82, 2.24) is 0 Å². The van der Waals surface area contributed by atoms with Crippen LogP contribution in [0.25, 0.3) is 0 Å². The van der Waals surface area contributed by atoms with Crippen LogP contribution in [-0.4, -0.2) is 12.4 Å². The highest BCUT2D eigenvalue weighted by atomic mass is 19.1. The van der Waals surface area contributed by atoms with Crippen molar-refractivity contribution in [3.8, 4) is 5.75 Å². The zero-order chi connectivity index (χ0) is 14.1. The standard InChI is InChI=1S/C16H12F2O2/c17-11-7-10(8-12(18)9-11)16(19)14-5-6-20-15-4-2-1-3-13(14)15/h1-4,7-9,14H,5-6H2. The number of hydrogen-bond donors (Lipinski definition) is 0. The molecule has 0 fully saturated rings. The van der Waals surface area contributed by atoms with Crippen LogP contribution in [0.2, 0.25) is 0 Å². The first-order valence-corrected chi connectivity index (χ1v) is 6.37. The van der Waals surface area contributed by atoms with E-state index in [0.717, 1.165) is 23.8 Å². The Balaban J connectivity index is 1.99. The minimum atomic E-state index is -0.742. The van der Waals surface area contributed by atoms with E-state index in [1.165, 1.54) is 0 Å². The summed E-state index contributed by atoms with van der Waals surface area (Å²) in [5.41, 5.74) is 0.831. The third-order valence-electron chi connectivity index (χ3n) is 3.42. The Kier molecular flexibility index (Phi) is 3.22. The van der Waals surface area contributed by atoms with Gasteiger partial charge in [0.25, 0.3) is 0 Å². The lowest BCUT2D eigenvalue weighted by Gasteiger charge is -2.24. The van der Waals surface area contributed by atoms with Crippen LogP contribution in [0, 0.1) is 11.6 Å². The molecular formula is C16H12F2O2. The molecule has 1 unspecified atom stereocenters. The zero-order valence-corrected chi connectivity index (χ0v) is 10.6. The summed E-state index contributed by atoms with van der Waals surface area (Å²) in [7, 11) is 0. The summed E-state index contributed by atoms with van der Waals surface area (Å²) in [6.45, 7) is 0.422. The van der Waals surface area contributed by atoms with Gasteiger partial charge in [0.1, 0.15) is 17.4 Å². The fourth-order valence-electron chi connectivity index (χ4n) is 2.51. The van der Waals surface area contributed by atoms with Crippen LogP contribution in [0.4, 0.5) is 8.78 Å². The van der Waals surface area contributed by atoms with Gasteiger partial charge >= 0.3 is 0 Å². The van der Waals surface area contributed by atoms with Gasteiger partial charge in [-0.2, -0.15) is 0 Å². The molecule has 0 saturated heterocycles. The SMILES string of the molecule is O=C(c1cc(F)cc(F)c1)C1CCOc2ccccc21. The van der Waals surface area contributed by atoms with Crippen molar-refractivity contribution in [2.24, 2.45) is 0 Å². The highest BCUT2D eigenvalue weighted by molar-refractivity contribution is 6.01. The number of carbonyl (C=O) groups excluding carboxylic acids is 1. The van der Waals surface area contributed by atoms with Crippen LogP contribution in [0.3, 0.4) is 0 Å². The largest absolute Gasteiger partial charge is 0.493 e. The maximum Gasteiger partial charge on any atom is 0.170 e. The lowest BCUT2D eigenvalue weighted by molar-refractivity contribution is 0.0932. The molecule has 0 saturated carbocycles. The molecule has 2 aromatic carbocycles. The topological polar surface area (TPSA) is 26.3 Å². The van der Waals surface area contributed by atoms with Gasteiger partial charge in [-0.1, -0.05) is 18.2 Å². The van der Waals surface area contributed by atoms with Gasteiger partial charge in [-0.15, -0.1) is 0 Å². The molecule has 0 bridgehead atoms. The molecule has 0 aliphatic carbocycles. The summed E-state index contributed by atoms with van der Waals surface area (Å²) in [5.74, 6) is -1.52. The molecule has 1 aliphatic rings. The monoisotopic (exact) mass is 274 g/mol. The number of fused-ring (bicyclic) bond motifs is 1. The third kappa shape index (κ3) is 2.29. The molecule has 3 rings (SSSR count). The maximum atomic E-state index is 13.2. The summed E-state index contributed by atoms with van der Waals surface area (Å²) in [4.78, 5) is 12.5. The second-order valence-corrected chi connectivity index (χ2v) is 4.75. The molecule has 4 heteroatoms. The van der Waals surface area contributed by atoms with Gasteiger partial charge in [0.15, 0.2) is 5.78 Å². The molecule has 0 aromatic heterocycles. The molecular weight excluding hydrogens is 262 g/mol. The molecule has 20 heavy (non-hydrogen) atoms. The first-order valence-electron chi connectivity index (χ1n) is 6.37. The molecule has 1 atom stereocenters. The normalized spacial score (nSPS) is 17.2. The van der Waals surface area contributed by atoms with Crippen molar-refractivity contribution in [2.75, 3.05) is 6.61 Å². The number of carbonyl (C=O) groups is 1. The minimum Gasteiger partial charge on any atom is -0.493 e. The Bertz CT molecular complexity index is 647. The Morgan fingerprint density at radius 2 is 1.80 bits per heavy atom. The summed E-state index contributed by atoms with van der Waals surface area (Å²) in [6, 6.07) is 10.2. The predicted octanol–water partition coefficient (Wildman–Crippen LogP) is 3.71. The van der Waals surface area contributed by atoms with E-state index < -0.39 is 17.6 Å². The molecule has 0 N–H and O–H groups in total. The van der Waals surface area contributed by atoms with Crippen LogP contribution < -0.4 is 4.74 Å². The first kappa shape index (κ1) is 12.8. The molecule has 1 heterocycles. The Hall–Kier alpha value is -2.23. The summed E-state index contributed by atoms with van der Waals surface area (Å²) < 4.78 is 32.0. The summed E-state index contributed by atoms with van der Waals surface area (Å²) >= 11 is 0. The molecule has 2 aromatic rings. The van der Waals surface area contributed by atoms with Gasteiger partial charge in [0.05, 0.1) is 12.5 Å². The van der Waals surface area contributed by atoms with Crippen LogP contribution >= 0.6 is 0 Å². The van der Waals surface area contributed by atoms with Gasteiger partial charge in [-0.25, -0.2) is 8.78 Å². The molecule has 1 aliphatic heterocycles. The molecule has 0 amide bonds. The van der Waals surface area contributed by atoms with Crippen molar-refractivity contribution >= 4 is 5.78 Å². The van der Waals surface area contributed by atoms with Crippen LogP contribution in [0.1, 0.15) is 28.3 Å². The fraction of sp³-hybridized carbons (Fsp3) is 0.188. The van der Waals surface area contributed by atoms with Gasteiger partial charge < -0.3 is 4.74 Å². The number of ketones is 1. The van der Waals surface area contributed by atoms with Crippen molar-refractivity contribution in [1.29, 1.82) is 0 Å². The minimum absolute atomic E-state index is 0.0594. The van der Waals surface area contributed by atoms with Crippen LogP contribution in [0.15, 0.2) is 42.5 Å². The quantitative estimate of drug-likeness (QED) is 0.780. The number of hydrogen-bond acceptors (Lipinski definition) is 2. The lowest BCUT2D eigenvalue weighted by Crippen LogP contribution is -2.21. The van der Waals surface area contributed by atoms with Crippen molar-refractivity contribution in [3.05, 3.63) is 65.2 Å². The zero-order valence-electron chi connectivity index (χ0n) is 10.6. The van der Waals surface area contributed by atoms with E-state index in [9.17, 15) is 13.6 Å². The molecule has 2 nitrogen and oxygen atoms in total. The fourth-order valence-corrected chi connectivity index (χ4v) is 2.51. The smallest absolute Gasteiger partial charge is 0.170 e. The summed E-state index contributed by atoms with van der Waals surface area (Å²) in [5, 5.41) is 0. The molecule has 102 valence electrons. The van der Waals surface area contributed by atoms with Gasteiger partial charge in [0, 0.05) is 17.2 Å². The maximum absolute atomic E-state index is 13.2. The van der Waals surface area contributed by atoms with E-state index in [-0.39, 0.29) is 11.3 Å². The third-order valence-corrected chi connectivity index (χ3v) is 3.42. The number of Topliss-reactive ketones (excluding diaryl/α,β-unsaturated/α-hetero) is 1. The average Bonchev–Trinajstić information content (AvgIpc) is 2.45. The van der Waals surface area contributed by atoms with E-state index in [0.29, 0.717) is 18.8 Å². The highest BCUT2D eigenvalue weighted by Gasteiger charge is 2.28. The van der Waals surface area contributed by atoms with Gasteiger partial charge in [-0.05, 0) is 24.6 Å². The van der Waals surface area contributed by atoms with Gasteiger partial charge in [-0.3, -0.25) is 4.79 Å². The van der Waals surface area contributed by atoms with Crippen molar-refractivity contribution in [2.45, 2.75) is 12.3 Å². The van der Waals surface area contributed by atoms with E-state index in [2.05, 4.69) is 0 Å². The lowest BCUT2D eigenvalue weighted by atomic mass is 9.86. The van der Waals surface area contributed by atoms with E-state index in [1.807, 2.05) is 18.2 Å². The second kappa shape index (κ2) is 5.04. The molecule has 0 spiro atoms. The number of para-hydroxylation sites is 1. The second-order valence-electron chi connectivity index (χ2n) is 4.75. The van der Waals surface area contributed by atoms with E-state index in [4.69, 9.17) is 4.74 Å². The Morgan fingerprint density at radius 3 is 2.55 bits per heavy atom. The van der Waals surface area contributed by atoms with E-state index >= 15 is 0 Å². The number of ether oxygens (including phenoxy) is 1. The Morgan fingerprint density at radius 1 is 1.10 bits per heavy atom. The van der Waals surface area contributed by atoms with Crippen LogP contribution in [-0.2, 0) is 0 Å². The first-order chi connectivity index (χ1) is 9.65.